The van der Waals surface area contributed by atoms with Crippen molar-refractivity contribution < 1.29 is 0 Å². The van der Waals surface area contributed by atoms with Gasteiger partial charge in [-0.05, 0) is 36.7 Å². The van der Waals surface area contributed by atoms with E-state index in [1.165, 1.54) is 0 Å². The summed E-state index contributed by atoms with van der Waals surface area (Å²) in [7, 11) is 1.93. The molecular formula is C15H19Cl2N3. The molecule has 0 spiro atoms. The molecule has 0 fully saturated rings. The van der Waals surface area contributed by atoms with Crippen molar-refractivity contribution in [2.75, 3.05) is 6.54 Å². The van der Waals surface area contributed by atoms with Crippen LogP contribution in [0.15, 0.2) is 30.5 Å². The molecule has 0 saturated carbocycles. The molecule has 5 heteroatoms. The maximum Gasteiger partial charge on any atom is 0.0640 e. The summed E-state index contributed by atoms with van der Waals surface area (Å²) in [4.78, 5) is 0. The van der Waals surface area contributed by atoms with Gasteiger partial charge in [0.1, 0.15) is 0 Å². The summed E-state index contributed by atoms with van der Waals surface area (Å²) in [6, 6.07) is 8.03. The largest absolute Gasteiger partial charge is 0.314 e. The Morgan fingerprint density at radius 2 is 2.05 bits per heavy atom. The Labute approximate surface area is 129 Å². The molecule has 2 rings (SSSR count). The molecule has 1 atom stereocenters. The van der Waals surface area contributed by atoms with E-state index in [9.17, 15) is 0 Å². The van der Waals surface area contributed by atoms with E-state index in [4.69, 9.17) is 23.2 Å². The lowest BCUT2D eigenvalue weighted by Crippen LogP contribution is -2.33. The van der Waals surface area contributed by atoms with Crippen molar-refractivity contribution in [3.05, 3.63) is 51.8 Å². The van der Waals surface area contributed by atoms with Crippen LogP contribution in [0.1, 0.15) is 18.2 Å². The number of hydrogen-bond donors (Lipinski definition) is 1. The van der Waals surface area contributed by atoms with Crippen LogP contribution in [0.25, 0.3) is 0 Å². The van der Waals surface area contributed by atoms with Crippen LogP contribution in [0.5, 0.6) is 0 Å². The van der Waals surface area contributed by atoms with Gasteiger partial charge in [-0.2, -0.15) is 5.10 Å². The van der Waals surface area contributed by atoms with Gasteiger partial charge >= 0.3 is 0 Å². The zero-order chi connectivity index (χ0) is 14.5. The fraction of sp³-hybridized carbons (Fsp3) is 0.400. The molecule has 3 nitrogen and oxygen atoms in total. The van der Waals surface area contributed by atoms with Crippen LogP contribution in [0.4, 0.5) is 0 Å². The number of benzene rings is 1. The number of nitrogens with zero attached hydrogens (tertiary/aromatic N) is 2. The first kappa shape index (κ1) is 15.4. The van der Waals surface area contributed by atoms with Crippen LogP contribution < -0.4 is 5.32 Å². The Morgan fingerprint density at radius 1 is 1.25 bits per heavy atom. The first-order valence-electron chi connectivity index (χ1n) is 6.74. The van der Waals surface area contributed by atoms with E-state index in [2.05, 4.69) is 17.3 Å². The van der Waals surface area contributed by atoms with E-state index in [0.717, 1.165) is 35.7 Å². The zero-order valence-corrected chi connectivity index (χ0v) is 13.2. The lowest BCUT2D eigenvalue weighted by atomic mass is 10.0. The second kappa shape index (κ2) is 7.11. The number of hydrogen-bond acceptors (Lipinski definition) is 2. The number of likely N-dealkylation sites (N-methyl/N-ethyl adjacent to an activating group) is 1. The standard InChI is InChI=1S/C15H19Cl2N3/c1-3-18-14(10-13-6-7-20(2)19-13)8-11-4-5-12(16)9-15(11)17/h4-7,9,14,18H,3,8,10H2,1-2H3. The van der Waals surface area contributed by atoms with Gasteiger partial charge in [0, 0.05) is 35.8 Å². The first-order chi connectivity index (χ1) is 9.58. The molecule has 0 radical (unpaired) electrons. The minimum atomic E-state index is 0.313. The number of halogens is 2. The average Bonchev–Trinajstić information content (AvgIpc) is 2.78. The molecule has 1 aromatic heterocycles. The Morgan fingerprint density at radius 3 is 2.65 bits per heavy atom. The molecule has 0 aliphatic heterocycles. The number of nitrogens with one attached hydrogen (secondary N) is 1. The van der Waals surface area contributed by atoms with Crippen molar-refractivity contribution in [1.82, 2.24) is 15.1 Å². The molecule has 2 aromatic rings. The van der Waals surface area contributed by atoms with Gasteiger partial charge in [-0.3, -0.25) is 4.68 Å². The SMILES string of the molecule is CCNC(Cc1ccn(C)n1)Cc1ccc(Cl)cc1Cl. The summed E-state index contributed by atoms with van der Waals surface area (Å²) in [5, 5.41) is 9.32. The number of aryl methyl sites for hydroxylation is 1. The molecule has 1 aromatic carbocycles. The lowest BCUT2D eigenvalue weighted by Gasteiger charge is -2.17. The molecule has 0 saturated heterocycles. The third kappa shape index (κ3) is 4.23. The summed E-state index contributed by atoms with van der Waals surface area (Å²) in [5.74, 6) is 0. The van der Waals surface area contributed by atoms with Crippen molar-refractivity contribution in [2.45, 2.75) is 25.8 Å². The van der Waals surface area contributed by atoms with E-state index in [-0.39, 0.29) is 0 Å². The molecular weight excluding hydrogens is 293 g/mol. The molecule has 0 amide bonds. The molecule has 0 aliphatic rings. The van der Waals surface area contributed by atoms with Crippen molar-refractivity contribution in [1.29, 1.82) is 0 Å². The van der Waals surface area contributed by atoms with Crippen LogP contribution in [-0.2, 0) is 19.9 Å². The fourth-order valence-electron chi connectivity index (χ4n) is 2.28. The van der Waals surface area contributed by atoms with Gasteiger partial charge in [0.2, 0.25) is 0 Å². The van der Waals surface area contributed by atoms with Crippen LogP contribution in [0.2, 0.25) is 10.0 Å². The lowest BCUT2D eigenvalue weighted by molar-refractivity contribution is 0.513. The highest BCUT2D eigenvalue weighted by Gasteiger charge is 2.13. The monoisotopic (exact) mass is 311 g/mol. The van der Waals surface area contributed by atoms with Gasteiger partial charge in [0.25, 0.3) is 0 Å². The molecule has 1 unspecified atom stereocenters. The zero-order valence-electron chi connectivity index (χ0n) is 11.7. The maximum absolute atomic E-state index is 6.25. The normalized spacial score (nSPS) is 12.6. The quantitative estimate of drug-likeness (QED) is 0.885. The summed E-state index contributed by atoms with van der Waals surface area (Å²) in [5.41, 5.74) is 2.20. The van der Waals surface area contributed by atoms with Crippen molar-refractivity contribution in [2.24, 2.45) is 7.05 Å². The topological polar surface area (TPSA) is 29.9 Å². The summed E-state index contributed by atoms with van der Waals surface area (Å²) in [6.45, 7) is 3.03. The molecule has 0 bridgehead atoms. The number of rotatable bonds is 6. The fourth-order valence-corrected chi connectivity index (χ4v) is 2.77. The number of aromatic nitrogens is 2. The Hall–Kier alpha value is -1.03. The smallest absolute Gasteiger partial charge is 0.0640 e. The predicted octanol–water partition coefficient (Wildman–Crippen LogP) is 3.49. The third-order valence-electron chi connectivity index (χ3n) is 3.20. The van der Waals surface area contributed by atoms with Crippen LogP contribution in [0, 0.1) is 0 Å². The average molecular weight is 312 g/mol. The molecule has 1 heterocycles. The van der Waals surface area contributed by atoms with Crippen molar-refractivity contribution in [3.8, 4) is 0 Å². The van der Waals surface area contributed by atoms with Gasteiger partial charge in [0.15, 0.2) is 0 Å². The van der Waals surface area contributed by atoms with E-state index in [0.29, 0.717) is 11.1 Å². The Kier molecular flexibility index (Phi) is 5.46. The highest BCUT2D eigenvalue weighted by molar-refractivity contribution is 6.35. The van der Waals surface area contributed by atoms with E-state index >= 15 is 0 Å². The second-order valence-electron chi connectivity index (χ2n) is 4.88. The molecule has 0 aliphatic carbocycles. The highest BCUT2D eigenvalue weighted by Crippen LogP contribution is 2.22. The highest BCUT2D eigenvalue weighted by atomic mass is 35.5. The van der Waals surface area contributed by atoms with E-state index in [1.807, 2.05) is 36.1 Å². The van der Waals surface area contributed by atoms with E-state index < -0.39 is 0 Å². The minimum absolute atomic E-state index is 0.313. The van der Waals surface area contributed by atoms with Crippen molar-refractivity contribution in [3.63, 3.8) is 0 Å². The van der Waals surface area contributed by atoms with Crippen molar-refractivity contribution >= 4 is 23.2 Å². The summed E-state index contributed by atoms with van der Waals surface area (Å²) < 4.78 is 1.83. The Bertz CT molecular complexity index is 566. The van der Waals surface area contributed by atoms with Gasteiger partial charge in [-0.25, -0.2) is 0 Å². The van der Waals surface area contributed by atoms with Crippen LogP contribution >= 0.6 is 23.2 Å². The minimum Gasteiger partial charge on any atom is -0.314 e. The summed E-state index contributed by atoms with van der Waals surface area (Å²) in [6.07, 6.45) is 3.71. The van der Waals surface area contributed by atoms with Crippen LogP contribution in [0.3, 0.4) is 0 Å². The van der Waals surface area contributed by atoms with Gasteiger partial charge < -0.3 is 5.32 Å². The van der Waals surface area contributed by atoms with Gasteiger partial charge in [0.05, 0.1) is 5.69 Å². The first-order valence-corrected chi connectivity index (χ1v) is 7.50. The molecule has 20 heavy (non-hydrogen) atoms. The van der Waals surface area contributed by atoms with Gasteiger partial charge in [-0.15, -0.1) is 0 Å². The van der Waals surface area contributed by atoms with Crippen LogP contribution in [-0.4, -0.2) is 22.4 Å². The third-order valence-corrected chi connectivity index (χ3v) is 3.79. The molecule has 108 valence electrons. The van der Waals surface area contributed by atoms with Gasteiger partial charge in [-0.1, -0.05) is 36.2 Å². The van der Waals surface area contributed by atoms with E-state index in [1.54, 1.807) is 6.07 Å². The predicted molar refractivity (Wildman–Crippen MR) is 84.5 cm³/mol. The second-order valence-corrected chi connectivity index (χ2v) is 5.72. The maximum atomic E-state index is 6.25. The Balaban J connectivity index is 2.08. The summed E-state index contributed by atoms with van der Waals surface area (Å²) >= 11 is 12.2. The molecule has 1 N–H and O–H groups in total.